The molecule has 0 unspecified atom stereocenters. The van der Waals surface area contributed by atoms with Crippen LogP contribution in [0.3, 0.4) is 0 Å². The van der Waals surface area contributed by atoms with Gasteiger partial charge in [0.2, 0.25) is 0 Å². The van der Waals surface area contributed by atoms with Crippen molar-refractivity contribution in [3.05, 3.63) is 57.8 Å². The van der Waals surface area contributed by atoms with Crippen LogP contribution in [0.4, 0.5) is 10.1 Å². The Balaban J connectivity index is 2.43. The number of rotatable bonds is 4. The lowest BCUT2D eigenvalue weighted by Crippen LogP contribution is -2.16. The van der Waals surface area contributed by atoms with Gasteiger partial charge < -0.3 is 5.73 Å². The zero-order chi connectivity index (χ0) is 15.6. The summed E-state index contributed by atoms with van der Waals surface area (Å²) >= 11 is 3.30. The van der Waals surface area contributed by atoms with Crippen LogP contribution in [0.25, 0.3) is 0 Å². The van der Waals surface area contributed by atoms with Crippen LogP contribution in [0.1, 0.15) is 11.1 Å². The quantitative estimate of drug-likeness (QED) is 0.865. The van der Waals surface area contributed by atoms with Gasteiger partial charge in [0.15, 0.2) is 0 Å². The van der Waals surface area contributed by atoms with E-state index < -0.39 is 20.7 Å². The predicted octanol–water partition coefficient (Wildman–Crippen LogP) is 3.16. The summed E-state index contributed by atoms with van der Waals surface area (Å²) in [6.45, 7) is 1.90. The molecule has 0 saturated heterocycles. The first kappa shape index (κ1) is 15.9. The fraction of sp³-hybridized carbons (Fsp3) is 0.143. The lowest BCUT2D eigenvalue weighted by molar-refractivity contribution is 0.569. The molecular formula is C14H14BrFN2O2S. The Kier molecular flexibility index (Phi) is 4.65. The number of aryl methyl sites for hydroxylation is 1. The number of sulfonamides is 1. The fourth-order valence-electron chi connectivity index (χ4n) is 1.82. The normalized spacial score (nSPS) is 11.4. The molecule has 0 aliphatic rings. The molecule has 0 aliphatic carbocycles. The molecule has 2 rings (SSSR count). The van der Waals surface area contributed by atoms with E-state index in [0.717, 1.165) is 16.1 Å². The molecule has 0 spiro atoms. The highest BCUT2D eigenvalue weighted by molar-refractivity contribution is 9.10. The summed E-state index contributed by atoms with van der Waals surface area (Å²) in [5.74, 6) is -0.811. The Bertz CT molecular complexity index is 779. The standard InChI is InChI=1S/C14H14BrFN2O2S/c1-9-6-11(15)3-5-13(9)18-21(19,20)14-7-10(8-17)2-4-12(14)16/h2-7,18H,8,17H2,1H3. The van der Waals surface area contributed by atoms with Gasteiger partial charge in [-0.05, 0) is 48.4 Å². The number of anilines is 1. The number of nitrogens with one attached hydrogen (secondary N) is 1. The number of nitrogens with two attached hydrogens (primary N) is 1. The monoisotopic (exact) mass is 372 g/mol. The Morgan fingerprint density at radius 1 is 1.24 bits per heavy atom. The van der Waals surface area contributed by atoms with Gasteiger partial charge in [-0.2, -0.15) is 0 Å². The van der Waals surface area contributed by atoms with Gasteiger partial charge in [0.25, 0.3) is 10.0 Å². The molecule has 0 saturated carbocycles. The summed E-state index contributed by atoms with van der Waals surface area (Å²) in [5.41, 5.74) is 7.13. The third-order valence-electron chi connectivity index (χ3n) is 2.95. The summed E-state index contributed by atoms with van der Waals surface area (Å²) in [5, 5.41) is 0. The van der Waals surface area contributed by atoms with Gasteiger partial charge in [-0.1, -0.05) is 22.0 Å². The van der Waals surface area contributed by atoms with Gasteiger partial charge in [-0.25, -0.2) is 12.8 Å². The van der Waals surface area contributed by atoms with E-state index in [1.54, 1.807) is 25.1 Å². The number of hydrogen-bond donors (Lipinski definition) is 2. The number of hydrogen-bond acceptors (Lipinski definition) is 3. The van der Waals surface area contributed by atoms with Gasteiger partial charge in [0, 0.05) is 11.0 Å². The second-order valence-electron chi connectivity index (χ2n) is 4.53. The molecule has 0 heterocycles. The topological polar surface area (TPSA) is 72.2 Å². The van der Waals surface area contributed by atoms with E-state index in [2.05, 4.69) is 20.7 Å². The maximum Gasteiger partial charge on any atom is 0.264 e. The molecule has 0 fully saturated rings. The predicted molar refractivity (Wildman–Crippen MR) is 84.0 cm³/mol. The van der Waals surface area contributed by atoms with Crippen molar-refractivity contribution >= 4 is 31.6 Å². The average Bonchev–Trinajstić information content (AvgIpc) is 2.42. The summed E-state index contributed by atoms with van der Waals surface area (Å²) < 4.78 is 41.7. The van der Waals surface area contributed by atoms with Crippen LogP contribution in [-0.4, -0.2) is 8.42 Å². The molecule has 0 amide bonds. The third kappa shape index (κ3) is 3.61. The SMILES string of the molecule is Cc1cc(Br)ccc1NS(=O)(=O)c1cc(CN)ccc1F. The van der Waals surface area contributed by atoms with Crippen molar-refractivity contribution in [2.75, 3.05) is 4.72 Å². The van der Waals surface area contributed by atoms with Crippen LogP contribution in [0.2, 0.25) is 0 Å². The molecule has 0 atom stereocenters. The van der Waals surface area contributed by atoms with E-state index in [4.69, 9.17) is 5.73 Å². The van der Waals surface area contributed by atoms with Crippen LogP contribution < -0.4 is 10.5 Å². The Morgan fingerprint density at radius 2 is 1.95 bits per heavy atom. The third-order valence-corrected chi connectivity index (χ3v) is 4.83. The molecular weight excluding hydrogens is 359 g/mol. The van der Waals surface area contributed by atoms with Gasteiger partial charge in [-0.15, -0.1) is 0 Å². The van der Waals surface area contributed by atoms with E-state index in [0.29, 0.717) is 11.3 Å². The van der Waals surface area contributed by atoms with E-state index in [-0.39, 0.29) is 6.54 Å². The molecule has 2 aromatic rings. The van der Waals surface area contributed by atoms with Gasteiger partial charge >= 0.3 is 0 Å². The Morgan fingerprint density at radius 3 is 2.57 bits per heavy atom. The van der Waals surface area contributed by atoms with Crippen molar-refractivity contribution in [1.82, 2.24) is 0 Å². The molecule has 0 aromatic heterocycles. The minimum Gasteiger partial charge on any atom is -0.326 e. The average molecular weight is 373 g/mol. The second-order valence-corrected chi connectivity index (χ2v) is 7.10. The smallest absolute Gasteiger partial charge is 0.264 e. The number of halogens is 2. The minimum absolute atomic E-state index is 0.139. The van der Waals surface area contributed by atoms with Gasteiger partial charge in [0.05, 0.1) is 5.69 Å². The molecule has 0 bridgehead atoms. The van der Waals surface area contributed by atoms with Crippen LogP contribution in [-0.2, 0) is 16.6 Å². The summed E-state index contributed by atoms with van der Waals surface area (Å²) in [7, 11) is -4.01. The maximum absolute atomic E-state index is 13.8. The van der Waals surface area contributed by atoms with Gasteiger partial charge in [-0.3, -0.25) is 4.72 Å². The maximum atomic E-state index is 13.8. The second kappa shape index (κ2) is 6.13. The van der Waals surface area contributed by atoms with E-state index in [1.165, 1.54) is 12.1 Å². The Labute approximate surface area is 131 Å². The Hall–Kier alpha value is -1.44. The van der Waals surface area contributed by atoms with Crippen molar-refractivity contribution < 1.29 is 12.8 Å². The highest BCUT2D eigenvalue weighted by Crippen LogP contribution is 2.24. The van der Waals surface area contributed by atoms with E-state index in [1.807, 2.05) is 0 Å². The summed E-state index contributed by atoms with van der Waals surface area (Å²) in [4.78, 5) is -0.409. The summed E-state index contributed by atoms with van der Waals surface area (Å²) in [6.07, 6.45) is 0. The lowest BCUT2D eigenvalue weighted by atomic mass is 10.2. The molecule has 0 aliphatic heterocycles. The van der Waals surface area contributed by atoms with Gasteiger partial charge in [0.1, 0.15) is 10.7 Å². The summed E-state index contributed by atoms with van der Waals surface area (Å²) in [6, 6.07) is 8.89. The molecule has 3 N–H and O–H groups in total. The number of benzene rings is 2. The van der Waals surface area contributed by atoms with Crippen LogP contribution in [0, 0.1) is 12.7 Å². The molecule has 112 valence electrons. The highest BCUT2D eigenvalue weighted by Gasteiger charge is 2.20. The van der Waals surface area contributed by atoms with Crippen LogP contribution in [0.5, 0.6) is 0 Å². The molecule has 7 heteroatoms. The van der Waals surface area contributed by atoms with E-state index in [9.17, 15) is 12.8 Å². The van der Waals surface area contributed by atoms with Crippen LogP contribution in [0.15, 0.2) is 45.8 Å². The van der Waals surface area contributed by atoms with E-state index >= 15 is 0 Å². The molecule has 4 nitrogen and oxygen atoms in total. The van der Waals surface area contributed by atoms with Crippen molar-refractivity contribution in [2.45, 2.75) is 18.4 Å². The van der Waals surface area contributed by atoms with Crippen molar-refractivity contribution in [1.29, 1.82) is 0 Å². The first-order valence-electron chi connectivity index (χ1n) is 6.11. The zero-order valence-electron chi connectivity index (χ0n) is 11.2. The highest BCUT2D eigenvalue weighted by atomic mass is 79.9. The first-order chi connectivity index (χ1) is 9.83. The molecule has 2 aromatic carbocycles. The minimum atomic E-state index is -4.01. The first-order valence-corrected chi connectivity index (χ1v) is 8.38. The van der Waals surface area contributed by atoms with Crippen LogP contribution >= 0.6 is 15.9 Å². The van der Waals surface area contributed by atoms with Crippen molar-refractivity contribution in [2.24, 2.45) is 5.73 Å². The largest absolute Gasteiger partial charge is 0.326 e. The molecule has 0 radical (unpaired) electrons. The van der Waals surface area contributed by atoms with Crippen molar-refractivity contribution in [3.63, 3.8) is 0 Å². The molecule has 21 heavy (non-hydrogen) atoms. The zero-order valence-corrected chi connectivity index (χ0v) is 13.6. The van der Waals surface area contributed by atoms with Crippen molar-refractivity contribution in [3.8, 4) is 0 Å². The lowest BCUT2D eigenvalue weighted by Gasteiger charge is -2.12. The fourth-order valence-corrected chi connectivity index (χ4v) is 3.56.